The Bertz CT molecular complexity index is 708. The van der Waals surface area contributed by atoms with E-state index in [4.69, 9.17) is 10.5 Å². The summed E-state index contributed by atoms with van der Waals surface area (Å²) in [4.78, 5) is 11.5. The summed E-state index contributed by atoms with van der Waals surface area (Å²) in [5, 5.41) is 9.44. The molecule has 23 heavy (non-hydrogen) atoms. The predicted molar refractivity (Wildman–Crippen MR) is 93.2 cm³/mol. The lowest BCUT2D eigenvalue weighted by Gasteiger charge is -2.21. The van der Waals surface area contributed by atoms with Gasteiger partial charge in [-0.05, 0) is 62.2 Å². The fraction of sp³-hybridized carbons (Fsp3) is 0.211. The first kappa shape index (κ1) is 16.6. The second-order valence-electron chi connectivity index (χ2n) is 6.27. The lowest BCUT2D eigenvalue weighted by atomic mass is 10.0. The Morgan fingerprint density at radius 1 is 1.04 bits per heavy atom. The quantitative estimate of drug-likeness (QED) is 0.507. The van der Waals surface area contributed by atoms with Crippen molar-refractivity contribution >= 4 is 23.3 Å². The van der Waals surface area contributed by atoms with Crippen molar-refractivity contribution in [1.82, 2.24) is 0 Å². The Hall–Kier alpha value is -2.75. The van der Waals surface area contributed by atoms with Crippen LogP contribution in [0.5, 0.6) is 5.75 Å². The highest BCUT2D eigenvalue weighted by molar-refractivity contribution is 6.20. The van der Waals surface area contributed by atoms with E-state index in [2.05, 4.69) is 0 Å². The minimum absolute atomic E-state index is 0.217. The zero-order valence-corrected chi connectivity index (χ0v) is 13.5. The number of aliphatic carboxylic acids is 1. The molecule has 0 radical (unpaired) electrons. The van der Waals surface area contributed by atoms with E-state index in [1.165, 1.54) is 0 Å². The SMILES string of the molecule is CC(C)(C)Oc1ccc(/C=C(\C(=O)O)c2ccc(N)cc2)cc1. The van der Waals surface area contributed by atoms with Gasteiger partial charge in [-0.3, -0.25) is 0 Å². The number of hydrogen-bond donors (Lipinski definition) is 2. The van der Waals surface area contributed by atoms with E-state index in [0.29, 0.717) is 11.3 Å². The number of ether oxygens (including phenoxy) is 1. The molecule has 0 atom stereocenters. The van der Waals surface area contributed by atoms with E-state index in [1.807, 2.05) is 45.0 Å². The van der Waals surface area contributed by atoms with E-state index in [-0.39, 0.29) is 11.2 Å². The number of nitrogen functional groups attached to an aromatic ring is 1. The molecule has 0 spiro atoms. The molecule has 120 valence electrons. The number of benzene rings is 2. The summed E-state index contributed by atoms with van der Waals surface area (Å²) in [6.45, 7) is 5.93. The normalized spacial score (nSPS) is 12.0. The number of carbonyl (C=O) groups is 1. The van der Waals surface area contributed by atoms with Gasteiger partial charge in [0.2, 0.25) is 0 Å². The standard InChI is InChI=1S/C19H21NO3/c1-19(2,3)23-16-10-4-13(5-11-16)12-17(18(21)22)14-6-8-15(20)9-7-14/h4-12H,20H2,1-3H3,(H,21,22)/b17-12-. The van der Waals surface area contributed by atoms with Crippen LogP contribution in [-0.4, -0.2) is 16.7 Å². The predicted octanol–water partition coefficient (Wildman–Crippen LogP) is 4.07. The molecular formula is C19H21NO3. The molecule has 0 unspecified atom stereocenters. The number of carboxylic acids is 1. The first-order valence-corrected chi connectivity index (χ1v) is 7.34. The summed E-state index contributed by atoms with van der Waals surface area (Å²) in [6.07, 6.45) is 1.63. The second kappa shape index (κ2) is 6.57. The maximum Gasteiger partial charge on any atom is 0.336 e. The van der Waals surface area contributed by atoms with Gasteiger partial charge in [-0.1, -0.05) is 24.3 Å². The topological polar surface area (TPSA) is 72.5 Å². The van der Waals surface area contributed by atoms with Gasteiger partial charge in [0, 0.05) is 5.69 Å². The van der Waals surface area contributed by atoms with Gasteiger partial charge >= 0.3 is 5.97 Å². The number of rotatable bonds is 4. The second-order valence-corrected chi connectivity index (χ2v) is 6.27. The van der Waals surface area contributed by atoms with Crippen LogP contribution in [0.4, 0.5) is 5.69 Å². The summed E-state index contributed by atoms with van der Waals surface area (Å²) in [7, 11) is 0. The van der Waals surface area contributed by atoms with Crippen molar-refractivity contribution in [3.8, 4) is 5.75 Å². The molecular weight excluding hydrogens is 290 g/mol. The number of hydrogen-bond acceptors (Lipinski definition) is 3. The Kier molecular flexibility index (Phi) is 4.74. The molecule has 4 heteroatoms. The van der Waals surface area contributed by atoms with Gasteiger partial charge in [0.25, 0.3) is 0 Å². The van der Waals surface area contributed by atoms with Crippen molar-refractivity contribution in [2.24, 2.45) is 0 Å². The molecule has 0 aliphatic carbocycles. The largest absolute Gasteiger partial charge is 0.488 e. The van der Waals surface area contributed by atoms with Crippen molar-refractivity contribution in [3.63, 3.8) is 0 Å². The molecule has 4 nitrogen and oxygen atoms in total. The molecule has 0 aromatic heterocycles. The minimum atomic E-state index is -0.982. The van der Waals surface area contributed by atoms with Crippen molar-refractivity contribution in [2.45, 2.75) is 26.4 Å². The highest BCUT2D eigenvalue weighted by atomic mass is 16.5. The zero-order valence-electron chi connectivity index (χ0n) is 13.5. The Labute approximate surface area is 136 Å². The van der Waals surface area contributed by atoms with Crippen LogP contribution < -0.4 is 10.5 Å². The molecule has 2 rings (SSSR count). The third kappa shape index (κ3) is 4.88. The first-order chi connectivity index (χ1) is 10.7. The average molecular weight is 311 g/mol. The maximum atomic E-state index is 11.5. The number of carboxylic acid groups (broad SMARTS) is 1. The van der Waals surface area contributed by atoms with Gasteiger partial charge in [0.15, 0.2) is 0 Å². The Morgan fingerprint density at radius 3 is 2.09 bits per heavy atom. The van der Waals surface area contributed by atoms with Crippen molar-refractivity contribution in [2.75, 3.05) is 5.73 Å². The molecule has 0 bridgehead atoms. The third-order valence-electron chi connectivity index (χ3n) is 3.07. The van der Waals surface area contributed by atoms with Gasteiger partial charge in [-0.2, -0.15) is 0 Å². The summed E-state index contributed by atoms with van der Waals surface area (Å²) in [5.41, 5.74) is 7.59. The summed E-state index contributed by atoms with van der Waals surface area (Å²) < 4.78 is 5.76. The fourth-order valence-electron chi connectivity index (χ4n) is 2.08. The van der Waals surface area contributed by atoms with Crippen LogP contribution >= 0.6 is 0 Å². The van der Waals surface area contributed by atoms with Crippen molar-refractivity contribution in [1.29, 1.82) is 0 Å². The van der Waals surface area contributed by atoms with Gasteiger partial charge in [-0.25, -0.2) is 4.79 Å². The van der Waals surface area contributed by atoms with Crippen LogP contribution in [0, 0.1) is 0 Å². The molecule has 2 aromatic carbocycles. The van der Waals surface area contributed by atoms with E-state index >= 15 is 0 Å². The van der Waals surface area contributed by atoms with Crippen molar-refractivity contribution < 1.29 is 14.6 Å². The van der Waals surface area contributed by atoms with E-state index in [9.17, 15) is 9.90 Å². The molecule has 0 aliphatic heterocycles. The fourth-order valence-corrected chi connectivity index (χ4v) is 2.08. The lowest BCUT2D eigenvalue weighted by Crippen LogP contribution is -2.22. The van der Waals surface area contributed by atoms with E-state index < -0.39 is 5.97 Å². The molecule has 3 N–H and O–H groups in total. The molecule has 0 amide bonds. The van der Waals surface area contributed by atoms with Crippen LogP contribution in [-0.2, 0) is 4.79 Å². The molecule has 0 saturated carbocycles. The first-order valence-electron chi connectivity index (χ1n) is 7.34. The summed E-state index contributed by atoms with van der Waals surface area (Å²) in [6, 6.07) is 14.1. The van der Waals surface area contributed by atoms with Gasteiger partial charge in [0.1, 0.15) is 11.4 Å². The van der Waals surface area contributed by atoms with E-state index in [1.54, 1.807) is 30.3 Å². The summed E-state index contributed by atoms with van der Waals surface area (Å²) in [5.74, 6) is -0.233. The maximum absolute atomic E-state index is 11.5. The summed E-state index contributed by atoms with van der Waals surface area (Å²) >= 11 is 0. The minimum Gasteiger partial charge on any atom is -0.488 e. The van der Waals surface area contributed by atoms with Crippen LogP contribution in [0.25, 0.3) is 11.6 Å². The van der Waals surface area contributed by atoms with Gasteiger partial charge < -0.3 is 15.6 Å². The number of anilines is 1. The van der Waals surface area contributed by atoms with Crippen LogP contribution in [0.2, 0.25) is 0 Å². The zero-order chi connectivity index (χ0) is 17.0. The lowest BCUT2D eigenvalue weighted by molar-refractivity contribution is -0.130. The van der Waals surface area contributed by atoms with Crippen molar-refractivity contribution in [3.05, 3.63) is 59.7 Å². The monoisotopic (exact) mass is 311 g/mol. The molecule has 0 saturated heterocycles. The third-order valence-corrected chi connectivity index (χ3v) is 3.07. The average Bonchev–Trinajstić information content (AvgIpc) is 2.46. The molecule has 0 aliphatic rings. The van der Waals surface area contributed by atoms with Crippen LogP contribution in [0.15, 0.2) is 48.5 Å². The van der Waals surface area contributed by atoms with E-state index in [0.717, 1.165) is 11.3 Å². The number of nitrogens with two attached hydrogens (primary N) is 1. The molecule has 2 aromatic rings. The van der Waals surface area contributed by atoms with Crippen LogP contribution in [0.1, 0.15) is 31.9 Å². The Balaban J connectivity index is 2.29. The highest BCUT2D eigenvalue weighted by Gasteiger charge is 2.12. The smallest absolute Gasteiger partial charge is 0.336 e. The van der Waals surface area contributed by atoms with Gasteiger partial charge in [-0.15, -0.1) is 0 Å². The molecule has 0 fully saturated rings. The highest BCUT2D eigenvalue weighted by Crippen LogP contribution is 2.23. The van der Waals surface area contributed by atoms with Crippen LogP contribution in [0.3, 0.4) is 0 Å². The van der Waals surface area contributed by atoms with Gasteiger partial charge in [0.05, 0.1) is 5.57 Å². The Morgan fingerprint density at radius 2 is 1.61 bits per heavy atom. The molecule has 0 heterocycles.